The zero-order valence-electron chi connectivity index (χ0n) is 21.4. The number of nitrogens with zero attached hydrogens (tertiary/aromatic N) is 4. The Morgan fingerprint density at radius 1 is 0.973 bits per heavy atom. The number of anilines is 4. The van der Waals surface area contributed by atoms with Crippen LogP contribution in [0.2, 0.25) is 0 Å². The van der Waals surface area contributed by atoms with Crippen molar-refractivity contribution in [1.29, 1.82) is 0 Å². The molecule has 1 aliphatic heterocycles. The van der Waals surface area contributed by atoms with Crippen LogP contribution in [-0.4, -0.2) is 66.7 Å². The average molecular weight is 520 g/mol. The summed E-state index contributed by atoms with van der Waals surface area (Å²) >= 11 is 0. The van der Waals surface area contributed by atoms with Gasteiger partial charge in [0.1, 0.15) is 5.52 Å². The Bertz CT molecular complexity index is 1470. The van der Waals surface area contributed by atoms with Crippen molar-refractivity contribution in [3.8, 4) is 0 Å². The summed E-state index contributed by atoms with van der Waals surface area (Å²) in [6.07, 6.45) is 1.82. The minimum atomic E-state index is -3.41. The predicted molar refractivity (Wildman–Crippen MR) is 149 cm³/mol. The first-order valence-electron chi connectivity index (χ1n) is 12.5. The summed E-state index contributed by atoms with van der Waals surface area (Å²) in [6, 6.07) is 17.3. The van der Waals surface area contributed by atoms with Gasteiger partial charge in [0.25, 0.3) is 0 Å². The molecule has 10 heteroatoms. The van der Waals surface area contributed by atoms with E-state index in [1.165, 1.54) is 5.69 Å². The van der Waals surface area contributed by atoms with Crippen LogP contribution in [0.15, 0.2) is 65.7 Å². The molecule has 0 saturated carbocycles. The summed E-state index contributed by atoms with van der Waals surface area (Å²) in [5, 5.41) is 6.14. The molecule has 0 amide bonds. The van der Waals surface area contributed by atoms with Crippen molar-refractivity contribution < 1.29 is 8.42 Å². The van der Waals surface area contributed by atoms with Crippen molar-refractivity contribution in [2.75, 3.05) is 48.8 Å². The molecular weight excluding hydrogens is 486 g/mol. The molecule has 0 atom stereocenters. The summed E-state index contributed by atoms with van der Waals surface area (Å²) in [6.45, 7) is 7.87. The molecule has 0 spiro atoms. The largest absolute Gasteiger partial charge is 0.369 e. The van der Waals surface area contributed by atoms with E-state index in [-0.39, 0.29) is 0 Å². The van der Waals surface area contributed by atoms with Crippen LogP contribution in [0, 0.1) is 0 Å². The maximum atomic E-state index is 12.9. The second-order valence-corrected chi connectivity index (χ2v) is 12.1. The van der Waals surface area contributed by atoms with Gasteiger partial charge in [-0.05, 0) is 62.9 Å². The van der Waals surface area contributed by atoms with Crippen molar-refractivity contribution in [3.63, 3.8) is 0 Å². The van der Waals surface area contributed by atoms with Crippen LogP contribution in [0.5, 0.6) is 0 Å². The number of H-pyrrole nitrogens is 1. The first-order valence-corrected chi connectivity index (χ1v) is 14.1. The molecule has 9 nitrogen and oxygen atoms in total. The van der Waals surface area contributed by atoms with E-state index in [1.807, 2.05) is 36.5 Å². The minimum absolute atomic E-state index is 0.312. The van der Waals surface area contributed by atoms with Crippen LogP contribution in [0.1, 0.15) is 19.4 Å². The standard InChI is InChI=1S/C27H33N7O2S/c1-19(2)37(35,36)24-7-5-4-6-20(24)18-29-26-25-23(12-13-28-25)31-27(32-26)30-21-8-10-22(11-9-21)34-16-14-33(3)15-17-34/h4-13,19,28H,14-18H2,1-3H3,(H2,29,30,31,32). The fourth-order valence-electron chi connectivity index (χ4n) is 4.44. The summed E-state index contributed by atoms with van der Waals surface area (Å²) in [7, 11) is -1.25. The molecule has 5 rings (SSSR count). The van der Waals surface area contributed by atoms with Crippen molar-refractivity contribution in [1.82, 2.24) is 19.9 Å². The molecule has 2 aromatic carbocycles. The van der Waals surface area contributed by atoms with Crippen LogP contribution in [0.4, 0.5) is 23.1 Å². The van der Waals surface area contributed by atoms with Gasteiger partial charge in [0.05, 0.1) is 15.7 Å². The molecule has 0 radical (unpaired) electrons. The monoisotopic (exact) mass is 519 g/mol. The first kappa shape index (κ1) is 25.0. The number of benzene rings is 2. The van der Waals surface area contributed by atoms with Crippen molar-refractivity contribution in [2.24, 2.45) is 0 Å². The molecular formula is C27H33N7O2S. The Hall–Kier alpha value is -3.63. The second-order valence-electron chi connectivity index (χ2n) is 9.65. The zero-order valence-corrected chi connectivity index (χ0v) is 22.2. The molecule has 1 saturated heterocycles. The number of hydrogen-bond donors (Lipinski definition) is 3. The molecule has 0 aliphatic carbocycles. The highest BCUT2D eigenvalue weighted by Crippen LogP contribution is 2.26. The van der Waals surface area contributed by atoms with E-state index in [0.29, 0.717) is 28.8 Å². The van der Waals surface area contributed by atoms with E-state index >= 15 is 0 Å². The lowest BCUT2D eigenvalue weighted by Gasteiger charge is -2.34. The maximum Gasteiger partial charge on any atom is 0.229 e. The number of hydrogen-bond acceptors (Lipinski definition) is 8. The predicted octanol–water partition coefficient (Wildman–Crippen LogP) is 4.25. The molecule has 3 N–H and O–H groups in total. The van der Waals surface area contributed by atoms with Crippen LogP contribution in [-0.2, 0) is 16.4 Å². The van der Waals surface area contributed by atoms with Crippen molar-refractivity contribution in [3.05, 3.63) is 66.4 Å². The van der Waals surface area contributed by atoms with E-state index in [9.17, 15) is 8.42 Å². The molecule has 2 aromatic heterocycles. The number of rotatable bonds is 8. The molecule has 0 unspecified atom stereocenters. The molecule has 1 fully saturated rings. The van der Waals surface area contributed by atoms with Crippen molar-refractivity contribution >= 4 is 44.0 Å². The van der Waals surface area contributed by atoms with Gasteiger partial charge in [0.2, 0.25) is 5.95 Å². The van der Waals surface area contributed by atoms with Crippen LogP contribution in [0.25, 0.3) is 11.0 Å². The van der Waals surface area contributed by atoms with Crippen LogP contribution >= 0.6 is 0 Å². The topological polar surface area (TPSA) is 106 Å². The van der Waals surface area contributed by atoms with Gasteiger partial charge < -0.3 is 25.4 Å². The normalized spacial score (nSPS) is 14.9. The van der Waals surface area contributed by atoms with Gasteiger partial charge in [-0.15, -0.1) is 0 Å². The summed E-state index contributed by atoms with van der Waals surface area (Å²) < 4.78 is 25.7. The molecule has 3 heterocycles. The molecule has 0 bridgehead atoms. The van der Waals surface area contributed by atoms with Crippen LogP contribution in [0.3, 0.4) is 0 Å². The lowest BCUT2D eigenvalue weighted by Crippen LogP contribution is -2.44. The second kappa shape index (κ2) is 10.4. The van der Waals surface area contributed by atoms with E-state index in [4.69, 9.17) is 4.98 Å². The van der Waals surface area contributed by atoms with Crippen molar-refractivity contribution in [2.45, 2.75) is 30.5 Å². The fourth-order valence-corrected chi connectivity index (χ4v) is 5.72. The van der Waals surface area contributed by atoms with Gasteiger partial charge in [0.15, 0.2) is 15.7 Å². The number of aromatic amines is 1. The summed E-state index contributed by atoms with van der Waals surface area (Å²) in [5.41, 5.74) is 4.32. The van der Waals surface area contributed by atoms with E-state index in [2.05, 4.69) is 49.6 Å². The Morgan fingerprint density at radius 3 is 2.43 bits per heavy atom. The molecule has 4 aromatic rings. The van der Waals surface area contributed by atoms with Gasteiger partial charge in [0, 0.05) is 50.3 Å². The third-order valence-electron chi connectivity index (χ3n) is 6.74. The van der Waals surface area contributed by atoms with Gasteiger partial charge >= 0.3 is 0 Å². The Kier molecular flexibility index (Phi) is 7.03. The number of nitrogens with one attached hydrogen (secondary N) is 3. The van der Waals surface area contributed by atoms with Gasteiger partial charge in [-0.1, -0.05) is 18.2 Å². The number of likely N-dealkylation sites (N-methyl/N-ethyl adjacent to an activating group) is 1. The SMILES string of the molecule is CC(C)S(=O)(=O)c1ccccc1CNc1nc(Nc2ccc(N3CCN(C)CC3)cc2)nc2cc[nH]c12. The third-order valence-corrected chi connectivity index (χ3v) is 9.00. The van der Waals surface area contributed by atoms with Gasteiger partial charge in [-0.2, -0.15) is 4.98 Å². The lowest BCUT2D eigenvalue weighted by molar-refractivity contribution is 0.313. The fraction of sp³-hybridized carbons (Fsp3) is 0.333. The van der Waals surface area contributed by atoms with E-state index in [1.54, 1.807) is 26.0 Å². The third kappa shape index (κ3) is 5.40. The molecule has 1 aliphatic rings. The first-order chi connectivity index (χ1) is 17.8. The lowest BCUT2D eigenvalue weighted by atomic mass is 10.2. The summed E-state index contributed by atoms with van der Waals surface area (Å²) in [5.74, 6) is 1.06. The summed E-state index contributed by atoms with van der Waals surface area (Å²) in [4.78, 5) is 17.6. The number of piperazine rings is 1. The quantitative estimate of drug-likeness (QED) is 0.317. The number of sulfone groups is 1. The highest BCUT2D eigenvalue weighted by Gasteiger charge is 2.22. The molecule has 194 valence electrons. The Labute approximate surface area is 217 Å². The van der Waals surface area contributed by atoms with E-state index in [0.717, 1.165) is 42.9 Å². The van der Waals surface area contributed by atoms with Crippen LogP contribution < -0.4 is 15.5 Å². The maximum absolute atomic E-state index is 12.9. The Balaban J connectivity index is 1.35. The number of fused-ring (bicyclic) bond motifs is 1. The highest BCUT2D eigenvalue weighted by molar-refractivity contribution is 7.92. The number of aromatic nitrogens is 3. The van der Waals surface area contributed by atoms with Gasteiger partial charge in [-0.3, -0.25) is 0 Å². The van der Waals surface area contributed by atoms with E-state index < -0.39 is 15.1 Å². The Morgan fingerprint density at radius 2 is 1.70 bits per heavy atom. The zero-order chi connectivity index (χ0) is 26.0. The van der Waals surface area contributed by atoms with Gasteiger partial charge in [-0.25, -0.2) is 13.4 Å². The molecule has 37 heavy (non-hydrogen) atoms. The average Bonchev–Trinajstić information content (AvgIpc) is 3.37. The minimum Gasteiger partial charge on any atom is -0.369 e. The highest BCUT2D eigenvalue weighted by atomic mass is 32.2. The smallest absolute Gasteiger partial charge is 0.229 e.